The Labute approximate surface area is 95.6 Å². The van der Waals surface area contributed by atoms with E-state index in [2.05, 4.69) is 10.00 Å². The van der Waals surface area contributed by atoms with Crippen LogP contribution in [-0.2, 0) is 18.4 Å². The van der Waals surface area contributed by atoms with Gasteiger partial charge in [-0.2, -0.15) is 5.10 Å². The lowest BCUT2D eigenvalue weighted by molar-refractivity contribution is 0.121. The van der Waals surface area contributed by atoms with Crippen molar-refractivity contribution in [3.8, 4) is 0 Å². The second-order valence-corrected chi connectivity index (χ2v) is 4.26. The first-order valence-corrected chi connectivity index (χ1v) is 5.58. The molecule has 1 atom stereocenters. The Morgan fingerprint density at radius 1 is 1.56 bits per heavy atom. The molecule has 1 aromatic heterocycles. The first-order chi connectivity index (χ1) is 7.67. The number of hydrogen-bond donors (Lipinski definition) is 1. The molecule has 16 heavy (non-hydrogen) atoms. The third-order valence-corrected chi connectivity index (χ3v) is 3.25. The SMILES string of the molecule is COC1CCN(c2c(CO)c(C)nn2C)C1. The fourth-order valence-electron chi connectivity index (χ4n) is 2.38. The van der Waals surface area contributed by atoms with Crippen molar-refractivity contribution in [3.05, 3.63) is 11.3 Å². The van der Waals surface area contributed by atoms with Crippen LogP contribution in [0.25, 0.3) is 0 Å². The number of anilines is 1. The van der Waals surface area contributed by atoms with Crippen molar-refractivity contribution in [3.63, 3.8) is 0 Å². The lowest BCUT2D eigenvalue weighted by Crippen LogP contribution is -2.25. The van der Waals surface area contributed by atoms with E-state index in [1.54, 1.807) is 7.11 Å². The predicted octanol–water partition coefficient (Wildman–Crippen LogP) is 0.446. The number of aromatic nitrogens is 2. The molecule has 1 unspecified atom stereocenters. The molecule has 0 spiro atoms. The highest BCUT2D eigenvalue weighted by Gasteiger charge is 2.27. The Morgan fingerprint density at radius 3 is 2.88 bits per heavy atom. The van der Waals surface area contributed by atoms with Gasteiger partial charge in [0.15, 0.2) is 0 Å². The zero-order chi connectivity index (χ0) is 11.7. The minimum absolute atomic E-state index is 0.0448. The quantitative estimate of drug-likeness (QED) is 0.811. The first-order valence-electron chi connectivity index (χ1n) is 5.58. The molecule has 1 saturated heterocycles. The molecule has 0 aliphatic carbocycles. The minimum Gasteiger partial charge on any atom is -0.391 e. The molecule has 5 heteroatoms. The zero-order valence-corrected chi connectivity index (χ0v) is 10.1. The molecule has 1 aromatic rings. The summed E-state index contributed by atoms with van der Waals surface area (Å²) in [7, 11) is 3.66. The van der Waals surface area contributed by atoms with Gasteiger partial charge in [-0.05, 0) is 13.3 Å². The van der Waals surface area contributed by atoms with Crippen LogP contribution in [0.15, 0.2) is 0 Å². The van der Waals surface area contributed by atoms with E-state index >= 15 is 0 Å². The van der Waals surface area contributed by atoms with Gasteiger partial charge in [-0.1, -0.05) is 0 Å². The van der Waals surface area contributed by atoms with Crippen molar-refractivity contribution in [2.75, 3.05) is 25.1 Å². The number of aliphatic hydroxyl groups excluding tert-OH is 1. The maximum Gasteiger partial charge on any atom is 0.132 e. The summed E-state index contributed by atoms with van der Waals surface area (Å²) in [5.41, 5.74) is 1.83. The molecule has 1 aliphatic rings. The van der Waals surface area contributed by atoms with Crippen LogP contribution >= 0.6 is 0 Å². The summed E-state index contributed by atoms with van der Waals surface area (Å²) in [5, 5.41) is 13.7. The summed E-state index contributed by atoms with van der Waals surface area (Å²) >= 11 is 0. The number of methoxy groups -OCH3 is 1. The topological polar surface area (TPSA) is 50.5 Å². The minimum atomic E-state index is 0.0448. The lowest BCUT2D eigenvalue weighted by atomic mass is 10.2. The highest BCUT2D eigenvalue weighted by atomic mass is 16.5. The molecule has 1 aliphatic heterocycles. The molecule has 2 rings (SSSR count). The van der Waals surface area contributed by atoms with E-state index in [9.17, 15) is 5.11 Å². The fraction of sp³-hybridized carbons (Fsp3) is 0.727. The lowest BCUT2D eigenvalue weighted by Gasteiger charge is -2.19. The van der Waals surface area contributed by atoms with Gasteiger partial charge in [0.1, 0.15) is 5.82 Å². The molecule has 0 bridgehead atoms. The van der Waals surface area contributed by atoms with Crippen molar-refractivity contribution >= 4 is 5.82 Å². The van der Waals surface area contributed by atoms with Crippen LogP contribution in [0.2, 0.25) is 0 Å². The van der Waals surface area contributed by atoms with Crippen LogP contribution in [-0.4, -0.2) is 41.2 Å². The van der Waals surface area contributed by atoms with Gasteiger partial charge >= 0.3 is 0 Å². The maximum atomic E-state index is 9.38. The molecule has 0 saturated carbocycles. The van der Waals surface area contributed by atoms with Crippen molar-refractivity contribution in [2.45, 2.75) is 26.1 Å². The molecule has 90 valence electrons. The van der Waals surface area contributed by atoms with Crippen LogP contribution in [0.5, 0.6) is 0 Å². The average Bonchev–Trinajstić information content (AvgIpc) is 2.82. The summed E-state index contributed by atoms with van der Waals surface area (Å²) in [4.78, 5) is 2.24. The van der Waals surface area contributed by atoms with E-state index < -0.39 is 0 Å². The molecule has 0 amide bonds. The number of rotatable bonds is 3. The highest BCUT2D eigenvalue weighted by molar-refractivity contribution is 5.50. The molecular formula is C11H19N3O2. The number of aryl methyl sites for hydroxylation is 2. The normalized spacial score (nSPS) is 20.8. The second-order valence-electron chi connectivity index (χ2n) is 4.26. The molecule has 5 nitrogen and oxygen atoms in total. The van der Waals surface area contributed by atoms with Gasteiger partial charge in [-0.15, -0.1) is 0 Å². The molecule has 1 fully saturated rings. The zero-order valence-electron chi connectivity index (χ0n) is 10.1. The Bertz CT molecular complexity index is 376. The van der Waals surface area contributed by atoms with Gasteiger partial charge in [-0.25, -0.2) is 0 Å². The average molecular weight is 225 g/mol. The van der Waals surface area contributed by atoms with Gasteiger partial charge in [0.25, 0.3) is 0 Å². The van der Waals surface area contributed by atoms with E-state index in [0.717, 1.165) is 36.6 Å². The highest BCUT2D eigenvalue weighted by Crippen LogP contribution is 2.27. The number of nitrogens with zero attached hydrogens (tertiary/aromatic N) is 3. The molecule has 2 heterocycles. The Balaban J connectivity index is 2.27. The van der Waals surface area contributed by atoms with Crippen LogP contribution in [0.1, 0.15) is 17.7 Å². The molecule has 0 aromatic carbocycles. The van der Waals surface area contributed by atoms with Crippen molar-refractivity contribution in [1.82, 2.24) is 9.78 Å². The van der Waals surface area contributed by atoms with Crippen molar-refractivity contribution < 1.29 is 9.84 Å². The van der Waals surface area contributed by atoms with Crippen LogP contribution < -0.4 is 4.90 Å². The second kappa shape index (κ2) is 4.43. The summed E-state index contributed by atoms with van der Waals surface area (Å²) in [6.45, 7) is 3.81. The van der Waals surface area contributed by atoms with E-state index in [4.69, 9.17) is 4.74 Å². The number of hydrogen-bond acceptors (Lipinski definition) is 4. The van der Waals surface area contributed by atoms with E-state index in [-0.39, 0.29) is 6.61 Å². The maximum absolute atomic E-state index is 9.38. The van der Waals surface area contributed by atoms with Gasteiger partial charge < -0.3 is 14.7 Å². The van der Waals surface area contributed by atoms with Gasteiger partial charge in [0, 0.05) is 32.8 Å². The first kappa shape index (κ1) is 11.4. The van der Waals surface area contributed by atoms with Gasteiger partial charge in [-0.3, -0.25) is 4.68 Å². The standard InChI is InChI=1S/C11H19N3O2/c1-8-10(7-15)11(13(2)12-8)14-5-4-9(6-14)16-3/h9,15H,4-7H2,1-3H3. The monoisotopic (exact) mass is 225 g/mol. The predicted molar refractivity (Wildman–Crippen MR) is 61.5 cm³/mol. The Kier molecular flexibility index (Phi) is 3.16. The van der Waals surface area contributed by atoms with Gasteiger partial charge in [0.05, 0.1) is 18.4 Å². The summed E-state index contributed by atoms with van der Waals surface area (Å²) < 4.78 is 7.20. The molecular weight excluding hydrogens is 206 g/mol. The van der Waals surface area contributed by atoms with Gasteiger partial charge in [0.2, 0.25) is 0 Å². The Hall–Kier alpha value is -1.07. The molecule has 0 radical (unpaired) electrons. The summed E-state index contributed by atoms with van der Waals surface area (Å²) in [6, 6.07) is 0. The third-order valence-electron chi connectivity index (χ3n) is 3.25. The number of ether oxygens (including phenoxy) is 1. The largest absolute Gasteiger partial charge is 0.391 e. The fourth-order valence-corrected chi connectivity index (χ4v) is 2.38. The van der Waals surface area contributed by atoms with E-state index in [1.807, 2.05) is 18.7 Å². The third kappa shape index (κ3) is 1.81. The summed E-state index contributed by atoms with van der Waals surface area (Å²) in [6.07, 6.45) is 1.33. The van der Waals surface area contributed by atoms with E-state index in [0.29, 0.717) is 6.10 Å². The van der Waals surface area contributed by atoms with Crippen LogP contribution in [0.4, 0.5) is 5.82 Å². The van der Waals surface area contributed by atoms with Crippen molar-refractivity contribution in [2.24, 2.45) is 7.05 Å². The van der Waals surface area contributed by atoms with Crippen LogP contribution in [0, 0.1) is 6.92 Å². The van der Waals surface area contributed by atoms with Crippen molar-refractivity contribution in [1.29, 1.82) is 0 Å². The van der Waals surface area contributed by atoms with Crippen LogP contribution in [0.3, 0.4) is 0 Å². The number of aliphatic hydroxyl groups is 1. The Morgan fingerprint density at radius 2 is 2.31 bits per heavy atom. The smallest absolute Gasteiger partial charge is 0.132 e. The molecule has 1 N–H and O–H groups in total. The van der Waals surface area contributed by atoms with E-state index in [1.165, 1.54) is 0 Å². The summed E-state index contributed by atoms with van der Waals surface area (Å²) in [5.74, 6) is 1.03.